The molecule has 0 saturated carbocycles. The monoisotopic (exact) mass is 336 g/mol. The zero-order valence-corrected chi connectivity index (χ0v) is 8.36. The Kier molecular flexibility index (Phi) is 4.07. The van der Waals surface area contributed by atoms with Crippen LogP contribution in [0.15, 0.2) is 0 Å². The lowest BCUT2D eigenvalue weighted by molar-refractivity contribution is -0.473. The highest BCUT2D eigenvalue weighted by Gasteiger charge is 2.93. The van der Waals surface area contributed by atoms with Gasteiger partial charge in [-0.3, -0.25) is 0 Å². The third kappa shape index (κ3) is 2.26. The van der Waals surface area contributed by atoms with Crippen LogP contribution in [0.5, 0.6) is 0 Å². The fraction of sp³-hybridized carbons (Fsp3) is 1.00. The summed E-state index contributed by atoms with van der Waals surface area (Å²) in [6.45, 7) is 0. The molecule has 0 spiro atoms. The zero-order valence-electron chi connectivity index (χ0n) is 8.36. The number of aliphatic hydroxyl groups is 1. The van der Waals surface area contributed by atoms with Crippen molar-refractivity contribution in [2.45, 2.75) is 36.0 Å². The average Bonchev–Trinajstić information content (AvgIpc) is 2.10. The van der Waals surface area contributed by atoms with Gasteiger partial charge in [-0.1, -0.05) is 0 Å². The van der Waals surface area contributed by atoms with Crippen molar-refractivity contribution in [2.24, 2.45) is 0 Å². The van der Waals surface area contributed by atoms with Crippen LogP contribution >= 0.6 is 0 Å². The molecule has 122 valence electrons. The molecule has 0 aromatic heterocycles. The maximum absolute atomic E-state index is 12.9. The Morgan fingerprint density at radius 3 is 0.900 bits per heavy atom. The van der Waals surface area contributed by atoms with E-state index in [9.17, 15) is 57.1 Å². The topological polar surface area (TPSA) is 20.2 Å². The molecule has 0 rings (SSSR count). The first-order chi connectivity index (χ1) is 8.25. The highest BCUT2D eigenvalue weighted by atomic mass is 19.4. The van der Waals surface area contributed by atoms with Crippen LogP contribution in [0, 0.1) is 0 Å². The Labute approximate surface area is 99.5 Å². The second-order valence-electron chi connectivity index (χ2n) is 3.35. The van der Waals surface area contributed by atoms with Crippen LogP contribution in [0.2, 0.25) is 0 Å². The van der Waals surface area contributed by atoms with Crippen molar-refractivity contribution in [1.82, 2.24) is 0 Å². The smallest absolute Gasteiger partial charge is 0.352 e. The first-order valence-corrected chi connectivity index (χ1v) is 3.93. The highest BCUT2D eigenvalue weighted by molar-refractivity contribution is 5.13. The predicted molar refractivity (Wildman–Crippen MR) is 33.0 cm³/mol. The summed E-state index contributed by atoms with van der Waals surface area (Å²) in [5.74, 6) is -15.5. The largest absolute Gasteiger partial charge is 0.457 e. The first kappa shape index (κ1) is 19.1. The van der Waals surface area contributed by atoms with E-state index in [1.165, 1.54) is 0 Å². The van der Waals surface area contributed by atoms with E-state index in [4.69, 9.17) is 5.11 Å². The molecule has 0 aromatic carbocycles. The van der Waals surface area contributed by atoms with Crippen LogP contribution in [0.4, 0.5) is 57.1 Å². The molecule has 0 amide bonds. The summed E-state index contributed by atoms with van der Waals surface area (Å²) in [6.07, 6.45) is -22.7. The van der Waals surface area contributed by atoms with E-state index in [1.807, 2.05) is 0 Å². The lowest BCUT2D eigenvalue weighted by atomic mass is 9.87. The van der Waals surface area contributed by atoms with Crippen molar-refractivity contribution >= 4 is 0 Å². The lowest BCUT2D eigenvalue weighted by Crippen LogP contribution is -2.75. The standard InChI is InChI=1S/C6HF13O/c7-1(4(11,12)13,2(8,9)5(14,15)16)3(10,20)6(17,18)19/h20H. The second kappa shape index (κ2) is 4.27. The predicted octanol–water partition coefficient (Wildman–Crippen LogP) is 3.67. The summed E-state index contributed by atoms with van der Waals surface area (Å²) < 4.78 is 156. The summed E-state index contributed by atoms with van der Waals surface area (Å²) in [5, 5.41) is 7.74. The Morgan fingerprint density at radius 2 is 0.750 bits per heavy atom. The van der Waals surface area contributed by atoms with E-state index >= 15 is 0 Å². The van der Waals surface area contributed by atoms with E-state index < -0.39 is 36.0 Å². The third-order valence-electron chi connectivity index (χ3n) is 2.01. The number of halogens is 13. The molecular formula is C6HF13O. The van der Waals surface area contributed by atoms with Gasteiger partial charge in [-0.25, -0.2) is 4.39 Å². The van der Waals surface area contributed by atoms with Gasteiger partial charge in [0.25, 0.3) is 0 Å². The van der Waals surface area contributed by atoms with Crippen LogP contribution in [-0.4, -0.2) is 41.1 Å². The van der Waals surface area contributed by atoms with Gasteiger partial charge < -0.3 is 5.11 Å². The molecule has 0 radical (unpaired) electrons. The summed E-state index contributed by atoms with van der Waals surface area (Å²) in [7, 11) is 0. The Bertz CT molecular complexity index is 331. The van der Waals surface area contributed by atoms with Crippen molar-refractivity contribution in [1.29, 1.82) is 0 Å². The van der Waals surface area contributed by atoms with Crippen LogP contribution in [0.25, 0.3) is 0 Å². The van der Waals surface area contributed by atoms with Crippen molar-refractivity contribution < 1.29 is 62.2 Å². The molecule has 1 nitrogen and oxygen atoms in total. The van der Waals surface area contributed by atoms with E-state index in [0.717, 1.165) is 0 Å². The molecule has 20 heavy (non-hydrogen) atoms. The molecule has 0 aliphatic carbocycles. The average molecular weight is 336 g/mol. The van der Waals surface area contributed by atoms with Gasteiger partial charge in [0.05, 0.1) is 0 Å². The minimum absolute atomic E-state index is 7.42. The Morgan fingerprint density at radius 1 is 0.450 bits per heavy atom. The molecule has 14 heteroatoms. The quantitative estimate of drug-likeness (QED) is 0.763. The Hall–Kier alpha value is -0.950. The van der Waals surface area contributed by atoms with E-state index in [1.54, 1.807) is 0 Å². The lowest BCUT2D eigenvalue weighted by Gasteiger charge is -2.41. The molecule has 0 aliphatic heterocycles. The van der Waals surface area contributed by atoms with E-state index in [2.05, 4.69) is 0 Å². The molecule has 0 fully saturated rings. The molecule has 0 saturated heterocycles. The molecule has 0 heterocycles. The van der Waals surface area contributed by atoms with E-state index in [-0.39, 0.29) is 0 Å². The molecular weight excluding hydrogens is 335 g/mol. The van der Waals surface area contributed by atoms with E-state index in [0.29, 0.717) is 0 Å². The maximum Gasteiger partial charge on any atom is 0.457 e. The highest BCUT2D eigenvalue weighted by Crippen LogP contribution is 2.61. The van der Waals surface area contributed by atoms with Crippen molar-refractivity contribution in [3.05, 3.63) is 0 Å². The number of rotatable bonds is 2. The van der Waals surface area contributed by atoms with Gasteiger partial charge in [0.1, 0.15) is 0 Å². The minimum Gasteiger partial charge on any atom is -0.352 e. The molecule has 0 aliphatic rings. The van der Waals surface area contributed by atoms with Gasteiger partial charge in [-0.15, -0.1) is 0 Å². The van der Waals surface area contributed by atoms with Crippen molar-refractivity contribution in [3.8, 4) is 0 Å². The number of hydrogen-bond acceptors (Lipinski definition) is 1. The SMILES string of the molecule is OC(F)(C(F)(F)F)C(F)(C(F)(F)F)C(F)(F)C(F)(F)F. The van der Waals surface area contributed by atoms with Crippen LogP contribution in [0.1, 0.15) is 0 Å². The van der Waals surface area contributed by atoms with Gasteiger partial charge >= 0.3 is 36.0 Å². The number of hydrogen-bond donors (Lipinski definition) is 1. The Balaban J connectivity index is 6.50. The van der Waals surface area contributed by atoms with Gasteiger partial charge in [-0.05, 0) is 0 Å². The summed E-state index contributed by atoms with van der Waals surface area (Å²) in [5.41, 5.74) is -8.00. The zero-order chi connectivity index (χ0) is 17.0. The third-order valence-corrected chi connectivity index (χ3v) is 2.01. The fourth-order valence-electron chi connectivity index (χ4n) is 0.964. The van der Waals surface area contributed by atoms with Crippen LogP contribution in [0.3, 0.4) is 0 Å². The molecule has 0 bridgehead atoms. The molecule has 2 unspecified atom stereocenters. The molecule has 1 N–H and O–H groups in total. The summed E-state index contributed by atoms with van der Waals surface area (Å²) in [6, 6.07) is 0. The molecule has 0 aromatic rings. The minimum atomic E-state index is -8.00. The first-order valence-electron chi connectivity index (χ1n) is 3.93. The maximum atomic E-state index is 12.9. The van der Waals surface area contributed by atoms with Crippen LogP contribution < -0.4 is 0 Å². The van der Waals surface area contributed by atoms with Crippen LogP contribution in [-0.2, 0) is 0 Å². The van der Waals surface area contributed by atoms with Gasteiger partial charge in [0, 0.05) is 0 Å². The van der Waals surface area contributed by atoms with Gasteiger partial charge in [0.2, 0.25) is 0 Å². The van der Waals surface area contributed by atoms with Gasteiger partial charge in [-0.2, -0.15) is 52.7 Å². The molecule has 2 atom stereocenters. The second-order valence-corrected chi connectivity index (χ2v) is 3.35. The fourth-order valence-corrected chi connectivity index (χ4v) is 0.964. The summed E-state index contributed by atoms with van der Waals surface area (Å²) in [4.78, 5) is 0. The van der Waals surface area contributed by atoms with Gasteiger partial charge in [0.15, 0.2) is 0 Å². The number of alkyl halides is 13. The van der Waals surface area contributed by atoms with Crippen molar-refractivity contribution in [2.75, 3.05) is 0 Å². The summed E-state index contributed by atoms with van der Waals surface area (Å²) >= 11 is 0. The van der Waals surface area contributed by atoms with Crippen molar-refractivity contribution in [3.63, 3.8) is 0 Å². The normalized spacial score (nSPS) is 21.3.